The lowest BCUT2D eigenvalue weighted by Crippen LogP contribution is -2.32. The number of aryl methyl sites for hydroxylation is 1. The standard InChI is InChI=1S/C16H23N5OS.ClH/c1-2-13-11-19-15(23-13)5-8-18-16(22)14-6-9-21(20-14)12-4-3-7-17-10-12;/h6,9,11-12,17H,2-5,7-8,10H2,1H3,(H,18,22);1H. The molecule has 8 heteroatoms. The molecule has 2 N–H and O–H groups in total. The van der Waals surface area contributed by atoms with Gasteiger partial charge in [0.1, 0.15) is 5.69 Å². The summed E-state index contributed by atoms with van der Waals surface area (Å²) in [5, 5.41) is 11.8. The lowest BCUT2D eigenvalue weighted by atomic mass is 10.1. The van der Waals surface area contributed by atoms with Gasteiger partial charge in [-0.05, 0) is 31.9 Å². The molecule has 1 aliphatic rings. The number of halogens is 1. The maximum absolute atomic E-state index is 12.2. The minimum atomic E-state index is -0.111. The molecule has 2 aromatic rings. The number of rotatable bonds is 6. The van der Waals surface area contributed by atoms with Crippen molar-refractivity contribution in [2.24, 2.45) is 0 Å². The normalized spacial score (nSPS) is 17.3. The average molecular weight is 370 g/mol. The summed E-state index contributed by atoms with van der Waals surface area (Å²) < 4.78 is 1.91. The molecule has 1 amide bonds. The van der Waals surface area contributed by atoms with Gasteiger partial charge in [-0.3, -0.25) is 9.48 Å². The van der Waals surface area contributed by atoms with E-state index >= 15 is 0 Å². The summed E-state index contributed by atoms with van der Waals surface area (Å²) in [6, 6.07) is 2.15. The van der Waals surface area contributed by atoms with Gasteiger partial charge in [0, 0.05) is 36.8 Å². The second-order valence-electron chi connectivity index (χ2n) is 5.76. The Morgan fingerprint density at radius 1 is 1.54 bits per heavy atom. The van der Waals surface area contributed by atoms with Gasteiger partial charge in [-0.1, -0.05) is 6.92 Å². The van der Waals surface area contributed by atoms with Crippen LogP contribution in [0.15, 0.2) is 18.5 Å². The summed E-state index contributed by atoms with van der Waals surface area (Å²) in [5.41, 5.74) is 0.490. The number of piperidine rings is 1. The molecule has 1 saturated heterocycles. The SMILES string of the molecule is CCc1cnc(CCNC(=O)c2ccn(C3CCCNC3)n2)s1.Cl. The molecule has 0 aliphatic carbocycles. The van der Waals surface area contributed by atoms with Crippen LogP contribution in [-0.2, 0) is 12.8 Å². The molecule has 132 valence electrons. The Bertz CT molecular complexity index is 650. The first-order chi connectivity index (χ1) is 11.3. The molecular weight excluding hydrogens is 346 g/mol. The van der Waals surface area contributed by atoms with Gasteiger partial charge < -0.3 is 10.6 Å². The molecule has 0 aromatic carbocycles. The predicted octanol–water partition coefficient (Wildman–Crippen LogP) is 2.22. The molecule has 0 spiro atoms. The number of nitrogens with one attached hydrogen (secondary N) is 2. The van der Waals surface area contributed by atoms with E-state index in [4.69, 9.17) is 0 Å². The van der Waals surface area contributed by atoms with Crippen LogP contribution in [0.2, 0.25) is 0 Å². The Morgan fingerprint density at radius 2 is 2.42 bits per heavy atom. The number of carbonyl (C=O) groups excluding carboxylic acids is 1. The first-order valence-corrected chi connectivity index (χ1v) is 9.05. The van der Waals surface area contributed by atoms with Crippen molar-refractivity contribution in [3.8, 4) is 0 Å². The van der Waals surface area contributed by atoms with E-state index in [2.05, 4.69) is 27.6 Å². The maximum Gasteiger partial charge on any atom is 0.271 e. The zero-order chi connectivity index (χ0) is 16.1. The van der Waals surface area contributed by atoms with Crippen molar-refractivity contribution >= 4 is 29.7 Å². The van der Waals surface area contributed by atoms with E-state index in [1.54, 1.807) is 17.4 Å². The van der Waals surface area contributed by atoms with Crippen molar-refractivity contribution in [2.45, 2.75) is 38.6 Å². The number of carbonyl (C=O) groups is 1. The first-order valence-electron chi connectivity index (χ1n) is 8.24. The second-order valence-corrected chi connectivity index (χ2v) is 6.96. The minimum absolute atomic E-state index is 0. The van der Waals surface area contributed by atoms with Crippen LogP contribution in [0.3, 0.4) is 0 Å². The minimum Gasteiger partial charge on any atom is -0.350 e. The molecule has 1 atom stereocenters. The predicted molar refractivity (Wildman–Crippen MR) is 98.1 cm³/mol. The molecule has 3 rings (SSSR count). The van der Waals surface area contributed by atoms with E-state index in [1.807, 2.05) is 17.1 Å². The Labute approximate surface area is 152 Å². The van der Waals surface area contributed by atoms with Crippen LogP contribution in [0.5, 0.6) is 0 Å². The monoisotopic (exact) mass is 369 g/mol. The van der Waals surface area contributed by atoms with Crippen LogP contribution >= 0.6 is 23.7 Å². The summed E-state index contributed by atoms with van der Waals surface area (Å²) in [6.45, 7) is 4.71. The van der Waals surface area contributed by atoms with Gasteiger partial charge >= 0.3 is 0 Å². The van der Waals surface area contributed by atoms with Crippen molar-refractivity contribution in [2.75, 3.05) is 19.6 Å². The fourth-order valence-electron chi connectivity index (χ4n) is 2.72. The fourth-order valence-corrected chi connectivity index (χ4v) is 3.58. The number of thiazole rings is 1. The Balaban J connectivity index is 0.00000208. The van der Waals surface area contributed by atoms with Gasteiger partial charge in [-0.25, -0.2) is 4.98 Å². The third kappa shape index (κ3) is 4.78. The van der Waals surface area contributed by atoms with Gasteiger partial charge in [0.25, 0.3) is 5.91 Å². The summed E-state index contributed by atoms with van der Waals surface area (Å²) in [4.78, 5) is 17.8. The van der Waals surface area contributed by atoms with Crippen LogP contribution in [0.4, 0.5) is 0 Å². The quantitative estimate of drug-likeness (QED) is 0.819. The van der Waals surface area contributed by atoms with Crippen LogP contribution < -0.4 is 10.6 Å². The zero-order valence-corrected chi connectivity index (χ0v) is 15.5. The van der Waals surface area contributed by atoms with Crippen LogP contribution in [0.25, 0.3) is 0 Å². The van der Waals surface area contributed by atoms with E-state index in [1.165, 1.54) is 4.88 Å². The van der Waals surface area contributed by atoms with Crippen molar-refractivity contribution in [1.82, 2.24) is 25.4 Å². The maximum atomic E-state index is 12.2. The number of nitrogens with zero attached hydrogens (tertiary/aromatic N) is 3. The van der Waals surface area contributed by atoms with Crippen molar-refractivity contribution in [3.05, 3.63) is 34.0 Å². The summed E-state index contributed by atoms with van der Waals surface area (Å²) in [5.74, 6) is -0.111. The lowest BCUT2D eigenvalue weighted by molar-refractivity contribution is 0.0948. The Kier molecular flexibility index (Phi) is 7.20. The average Bonchev–Trinajstić information content (AvgIpc) is 3.25. The molecule has 1 fully saturated rings. The smallest absolute Gasteiger partial charge is 0.271 e. The molecular formula is C16H24ClN5OS. The van der Waals surface area contributed by atoms with Crippen LogP contribution in [0, 0.1) is 0 Å². The van der Waals surface area contributed by atoms with Gasteiger partial charge in [-0.15, -0.1) is 23.7 Å². The highest BCUT2D eigenvalue weighted by Crippen LogP contribution is 2.16. The third-order valence-corrected chi connectivity index (χ3v) is 5.26. The molecule has 24 heavy (non-hydrogen) atoms. The third-order valence-electron chi connectivity index (χ3n) is 4.06. The number of amides is 1. The zero-order valence-electron chi connectivity index (χ0n) is 13.8. The Morgan fingerprint density at radius 3 is 3.12 bits per heavy atom. The van der Waals surface area contributed by atoms with Crippen molar-refractivity contribution < 1.29 is 4.79 Å². The molecule has 0 bridgehead atoms. The molecule has 0 radical (unpaired) electrons. The van der Waals surface area contributed by atoms with Crippen molar-refractivity contribution in [3.63, 3.8) is 0 Å². The lowest BCUT2D eigenvalue weighted by Gasteiger charge is -2.22. The fraction of sp³-hybridized carbons (Fsp3) is 0.562. The summed E-state index contributed by atoms with van der Waals surface area (Å²) in [6.07, 6.45) is 7.86. The van der Waals surface area contributed by atoms with Gasteiger partial charge in [0.2, 0.25) is 0 Å². The second kappa shape index (κ2) is 9.15. The molecule has 6 nitrogen and oxygen atoms in total. The van der Waals surface area contributed by atoms with Crippen LogP contribution in [-0.4, -0.2) is 40.3 Å². The highest BCUT2D eigenvalue weighted by Gasteiger charge is 2.17. The molecule has 1 unspecified atom stereocenters. The van der Waals surface area contributed by atoms with Crippen molar-refractivity contribution in [1.29, 1.82) is 0 Å². The van der Waals surface area contributed by atoms with Gasteiger partial charge in [-0.2, -0.15) is 5.10 Å². The highest BCUT2D eigenvalue weighted by atomic mass is 35.5. The van der Waals surface area contributed by atoms with E-state index in [9.17, 15) is 4.79 Å². The summed E-state index contributed by atoms with van der Waals surface area (Å²) in [7, 11) is 0. The molecule has 3 heterocycles. The highest BCUT2D eigenvalue weighted by molar-refractivity contribution is 7.11. The number of aromatic nitrogens is 3. The number of hydrogen-bond donors (Lipinski definition) is 2. The van der Waals surface area contributed by atoms with E-state index < -0.39 is 0 Å². The molecule has 0 saturated carbocycles. The van der Waals surface area contributed by atoms with Gasteiger partial charge in [0.05, 0.1) is 11.0 Å². The van der Waals surface area contributed by atoms with E-state index in [-0.39, 0.29) is 18.3 Å². The first kappa shape index (κ1) is 18.9. The van der Waals surface area contributed by atoms with Gasteiger partial charge in [0.15, 0.2) is 0 Å². The van der Waals surface area contributed by atoms with Crippen LogP contribution in [0.1, 0.15) is 46.2 Å². The molecule has 2 aromatic heterocycles. The number of hydrogen-bond acceptors (Lipinski definition) is 5. The topological polar surface area (TPSA) is 71.8 Å². The van der Waals surface area contributed by atoms with E-state index in [0.29, 0.717) is 18.3 Å². The molecule has 1 aliphatic heterocycles. The summed E-state index contributed by atoms with van der Waals surface area (Å²) >= 11 is 1.71. The Hall–Kier alpha value is -1.44. The van der Waals surface area contributed by atoms with E-state index in [0.717, 1.165) is 43.8 Å². The largest absolute Gasteiger partial charge is 0.350 e.